The smallest absolute Gasteiger partial charge is 0.138 e. The van der Waals surface area contributed by atoms with Crippen molar-refractivity contribution in [1.29, 1.82) is 0 Å². The van der Waals surface area contributed by atoms with E-state index in [0.29, 0.717) is 0 Å². The summed E-state index contributed by atoms with van der Waals surface area (Å²) in [6, 6.07) is 21.8. The van der Waals surface area contributed by atoms with Crippen LogP contribution in [-0.2, 0) is 6.54 Å². The fraction of sp³-hybridized carbons (Fsp3) is 0.182. The molecule has 0 radical (unpaired) electrons. The van der Waals surface area contributed by atoms with Crippen LogP contribution in [0.4, 0.5) is 11.4 Å². The largest absolute Gasteiger partial charge is 0.340 e. The summed E-state index contributed by atoms with van der Waals surface area (Å²) in [5, 5.41) is 6.81. The Morgan fingerprint density at radius 3 is 2.56 bits per heavy atom. The third-order valence-electron chi connectivity index (χ3n) is 5.23. The summed E-state index contributed by atoms with van der Waals surface area (Å²) < 4.78 is 1.81. The highest BCUT2D eigenvalue weighted by Crippen LogP contribution is 2.34. The van der Waals surface area contributed by atoms with Crippen LogP contribution in [-0.4, -0.2) is 39.8 Å². The predicted molar refractivity (Wildman–Crippen MR) is 109 cm³/mol. The number of likely N-dealkylation sites (N-methyl/N-ethyl adjacent to an activating group) is 1. The van der Waals surface area contributed by atoms with E-state index in [1.54, 1.807) is 12.7 Å². The molecule has 1 aromatic heterocycles. The lowest BCUT2D eigenvalue weighted by Gasteiger charge is -2.25. The first-order chi connectivity index (χ1) is 13.3. The number of benzene rings is 3. The summed E-state index contributed by atoms with van der Waals surface area (Å²) in [6.07, 6.45) is 3.31. The van der Waals surface area contributed by atoms with E-state index >= 15 is 0 Å². The van der Waals surface area contributed by atoms with Crippen molar-refractivity contribution < 1.29 is 0 Å². The summed E-state index contributed by atoms with van der Waals surface area (Å²) in [5.41, 5.74) is 4.84. The number of anilines is 2. The standard InChI is InChI=1S/C22H21N5/c1-25-10-11-26(20-7-6-17-4-2-3-5-18(17)12-20)22-9-8-21(13-19(22)14-25)27-16-23-15-24-27/h2-9,12-13,15-16H,10-11,14H2,1H3. The Morgan fingerprint density at radius 1 is 0.852 bits per heavy atom. The molecule has 1 aliphatic heterocycles. The van der Waals surface area contributed by atoms with Gasteiger partial charge in [-0.15, -0.1) is 0 Å². The minimum absolute atomic E-state index is 0.919. The van der Waals surface area contributed by atoms with Crippen LogP contribution in [0.25, 0.3) is 16.5 Å². The maximum atomic E-state index is 4.27. The van der Waals surface area contributed by atoms with Crippen molar-refractivity contribution in [3.05, 3.63) is 78.9 Å². The zero-order valence-corrected chi connectivity index (χ0v) is 15.3. The van der Waals surface area contributed by atoms with Crippen molar-refractivity contribution in [1.82, 2.24) is 19.7 Å². The lowest BCUT2D eigenvalue weighted by molar-refractivity contribution is 0.343. The summed E-state index contributed by atoms with van der Waals surface area (Å²) in [5.74, 6) is 0. The van der Waals surface area contributed by atoms with Gasteiger partial charge in [-0.2, -0.15) is 5.10 Å². The molecule has 5 heteroatoms. The number of hydrogen-bond acceptors (Lipinski definition) is 4. The molecule has 0 aliphatic carbocycles. The second-order valence-electron chi connectivity index (χ2n) is 7.07. The molecule has 0 saturated carbocycles. The van der Waals surface area contributed by atoms with E-state index in [9.17, 15) is 0 Å². The van der Waals surface area contributed by atoms with E-state index in [2.05, 4.69) is 87.6 Å². The molecule has 0 bridgehead atoms. The lowest BCUT2D eigenvalue weighted by Crippen LogP contribution is -2.26. The molecule has 0 unspecified atom stereocenters. The Morgan fingerprint density at radius 2 is 1.70 bits per heavy atom. The minimum atomic E-state index is 0.919. The molecular weight excluding hydrogens is 334 g/mol. The van der Waals surface area contributed by atoms with Gasteiger partial charge in [0.15, 0.2) is 0 Å². The molecule has 27 heavy (non-hydrogen) atoms. The van der Waals surface area contributed by atoms with Crippen LogP contribution >= 0.6 is 0 Å². The van der Waals surface area contributed by atoms with Gasteiger partial charge in [-0.05, 0) is 53.7 Å². The van der Waals surface area contributed by atoms with Crippen LogP contribution in [0, 0.1) is 0 Å². The molecule has 0 amide bonds. The third-order valence-corrected chi connectivity index (χ3v) is 5.23. The molecule has 5 rings (SSSR count). The highest BCUT2D eigenvalue weighted by atomic mass is 15.3. The summed E-state index contributed by atoms with van der Waals surface area (Å²) in [4.78, 5) is 8.86. The van der Waals surface area contributed by atoms with Crippen molar-refractivity contribution in [2.45, 2.75) is 6.54 Å². The molecule has 5 nitrogen and oxygen atoms in total. The van der Waals surface area contributed by atoms with Gasteiger partial charge in [-0.1, -0.05) is 30.3 Å². The fourth-order valence-corrected chi connectivity index (χ4v) is 3.82. The van der Waals surface area contributed by atoms with Gasteiger partial charge in [-0.3, -0.25) is 0 Å². The normalized spacial score (nSPS) is 14.9. The van der Waals surface area contributed by atoms with Crippen molar-refractivity contribution >= 4 is 22.1 Å². The van der Waals surface area contributed by atoms with Crippen LogP contribution in [0.5, 0.6) is 0 Å². The van der Waals surface area contributed by atoms with E-state index in [1.807, 2.05) is 4.68 Å². The SMILES string of the molecule is CN1CCN(c2ccc3ccccc3c2)c2ccc(-n3cncn3)cc2C1. The Hall–Kier alpha value is -3.18. The van der Waals surface area contributed by atoms with Crippen LogP contribution in [0.2, 0.25) is 0 Å². The molecule has 134 valence electrons. The topological polar surface area (TPSA) is 37.2 Å². The van der Waals surface area contributed by atoms with Gasteiger partial charge >= 0.3 is 0 Å². The molecular formula is C22H21N5. The number of rotatable bonds is 2. The molecule has 0 spiro atoms. The summed E-state index contributed by atoms with van der Waals surface area (Å²) in [7, 11) is 2.18. The van der Waals surface area contributed by atoms with Crippen LogP contribution in [0.15, 0.2) is 73.3 Å². The molecule has 3 aromatic carbocycles. The van der Waals surface area contributed by atoms with Crippen LogP contribution < -0.4 is 4.90 Å². The molecule has 4 aromatic rings. The second kappa shape index (κ2) is 6.52. The Labute approximate surface area is 158 Å². The molecule has 2 heterocycles. The first kappa shape index (κ1) is 16.0. The quantitative estimate of drug-likeness (QED) is 0.545. The van der Waals surface area contributed by atoms with E-state index < -0.39 is 0 Å². The maximum Gasteiger partial charge on any atom is 0.138 e. The van der Waals surface area contributed by atoms with Crippen molar-refractivity contribution in [2.75, 3.05) is 25.0 Å². The number of hydrogen-bond donors (Lipinski definition) is 0. The summed E-state index contributed by atoms with van der Waals surface area (Å²) >= 11 is 0. The Balaban J connectivity index is 1.61. The molecule has 0 fully saturated rings. The number of nitrogens with zero attached hydrogens (tertiary/aromatic N) is 5. The van der Waals surface area contributed by atoms with Crippen LogP contribution in [0.3, 0.4) is 0 Å². The molecule has 0 N–H and O–H groups in total. The van der Waals surface area contributed by atoms with E-state index in [0.717, 1.165) is 25.3 Å². The van der Waals surface area contributed by atoms with Crippen LogP contribution in [0.1, 0.15) is 5.56 Å². The van der Waals surface area contributed by atoms with Gasteiger partial charge in [0.05, 0.1) is 5.69 Å². The first-order valence-corrected chi connectivity index (χ1v) is 9.21. The van der Waals surface area contributed by atoms with Crippen molar-refractivity contribution in [3.8, 4) is 5.69 Å². The second-order valence-corrected chi connectivity index (χ2v) is 7.07. The minimum Gasteiger partial charge on any atom is -0.340 e. The third kappa shape index (κ3) is 2.96. The molecule has 1 aliphatic rings. The van der Waals surface area contributed by atoms with Crippen molar-refractivity contribution in [3.63, 3.8) is 0 Å². The Kier molecular flexibility index (Phi) is 3.87. The summed E-state index contributed by atoms with van der Waals surface area (Å²) in [6.45, 7) is 2.90. The Bertz CT molecular complexity index is 1090. The van der Waals surface area contributed by atoms with Gasteiger partial charge in [0.2, 0.25) is 0 Å². The van der Waals surface area contributed by atoms with E-state index in [-0.39, 0.29) is 0 Å². The zero-order chi connectivity index (χ0) is 18.2. The fourth-order valence-electron chi connectivity index (χ4n) is 3.82. The monoisotopic (exact) mass is 355 g/mol. The van der Waals surface area contributed by atoms with Crippen molar-refractivity contribution in [2.24, 2.45) is 0 Å². The van der Waals surface area contributed by atoms with Gasteiger partial charge in [-0.25, -0.2) is 9.67 Å². The van der Waals surface area contributed by atoms with E-state index in [1.165, 1.54) is 27.7 Å². The highest BCUT2D eigenvalue weighted by Gasteiger charge is 2.20. The van der Waals surface area contributed by atoms with Gasteiger partial charge in [0, 0.05) is 31.0 Å². The van der Waals surface area contributed by atoms with E-state index in [4.69, 9.17) is 0 Å². The predicted octanol–water partition coefficient (Wildman–Crippen LogP) is 4.00. The zero-order valence-electron chi connectivity index (χ0n) is 15.3. The average molecular weight is 355 g/mol. The number of fused-ring (bicyclic) bond motifs is 2. The van der Waals surface area contributed by atoms with Gasteiger partial charge in [0.25, 0.3) is 0 Å². The number of aromatic nitrogens is 3. The lowest BCUT2D eigenvalue weighted by atomic mass is 10.1. The average Bonchev–Trinajstić information content (AvgIpc) is 3.18. The maximum absolute atomic E-state index is 4.27. The van der Waals surface area contributed by atoms with Gasteiger partial charge in [0.1, 0.15) is 12.7 Å². The highest BCUT2D eigenvalue weighted by molar-refractivity contribution is 5.87. The van der Waals surface area contributed by atoms with Gasteiger partial charge < -0.3 is 9.80 Å². The first-order valence-electron chi connectivity index (χ1n) is 9.21. The molecule has 0 atom stereocenters. The molecule has 0 saturated heterocycles.